The molecule has 2 N–H and O–H groups in total. The number of hydrogen-bond acceptors (Lipinski definition) is 6. The van der Waals surface area contributed by atoms with E-state index < -0.39 is 0 Å². The van der Waals surface area contributed by atoms with E-state index in [0.717, 1.165) is 43.1 Å². The summed E-state index contributed by atoms with van der Waals surface area (Å²) in [4.78, 5) is 42.0. The predicted octanol–water partition coefficient (Wildman–Crippen LogP) is 22.0. The fourth-order valence-electron chi connectivity index (χ4n) is 14.2. The maximum Gasteiger partial charge on any atom is 0.164 e. The summed E-state index contributed by atoms with van der Waals surface area (Å²) in [5.41, 5.74) is 19.1. The summed E-state index contributed by atoms with van der Waals surface area (Å²) in [5.74, 6) is 0. The molecule has 88 heavy (non-hydrogen) atoms. The second-order valence-electron chi connectivity index (χ2n) is 34.0. The lowest BCUT2D eigenvalue weighted by molar-refractivity contribution is 0.580. The van der Waals surface area contributed by atoms with Crippen LogP contribution in [0.15, 0.2) is 97.1 Å². The van der Waals surface area contributed by atoms with E-state index >= 15 is 0 Å². The molecule has 4 aliphatic rings. The fraction of sp³-hybridized carbons (Fsp3) is 0.400. The van der Waals surface area contributed by atoms with Crippen molar-refractivity contribution in [3.63, 3.8) is 0 Å². The Hall–Kier alpha value is -7.84. The Morgan fingerprint density at radius 2 is 0.432 bits per heavy atom. The Balaban J connectivity index is 1.31. The summed E-state index contributed by atoms with van der Waals surface area (Å²) in [6.07, 6.45) is 0. The van der Waals surface area contributed by atoms with Crippen LogP contribution in [0.5, 0.6) is 0 Å². The van der Waals surface area contributed by atoms with Gasteiger partial charge in [-0.1, -0.05) is 215 Å². The molecular formula is C80H90N8. The van der Waals surface area contributed by atoms with Crippen LogP contribution in [0.4, 0.5) is 0 Å². The summed E-state index contributed by atoms with van der Waals surface area (Å²) in [6, 6.07) is 37.4. The largest absolute Gasteiger partial charge is 0.324 e. The molecule has 0 saturated heterocycles. The van der Waals surface area contributed by atoms with Gasteiger partial charge in [-0.05, 0) is 180 Å². The van der Waals surface area contributed by atoms with Crippen molar-refractivity contribution in [1.82, 2.24) is 39.9 Å². The molecule has 0 unspecified atom stereocenters. The van der Waals surface area contributed by atoms with Crippen LogP contribution in [-0.2, 0) is 43.3 Å². The van der Waals surface area contributed by atoms with Crippen molar-refractivity contribution >= 4 is 110 Å². The van der Waals surface area contributed by atoms with Gasteiger partial charge < -0.3 is 9.97 Å². The number of fused-ring (bicyclic) bond motifs is 24. The summed E-state index contributed by atoms with van der Waals surface area (Å²) < 4.78 is 0. The lowest BCUT2D eigenvalue weighted by atomic mass is 9.85. The molecule has 5 heterocycles. The zero-order chi connectivity index (χ0) is 63.4. The van der Waals surface area contributed by atoms with Crippen LogP contribution in [0, 0.1) is 0 Å². The molecule has 8 nitrogen and oxygen atoms in total. The van der Waals surface area contributed by atoms with Crippen LogP contribution in [-0.4, -0.2) is 39.9 Å². The van der Waals surface area contributed by atoms with Crippen LogP contribution in [0.1, 0.15) is 211 Å². The quantitative estimate of drug-likeness (QED) is 0.157. The van der Waals surface area contributed by atoms with Gasteiger partial charge in [0.1, 0.15) is 22.6 Å². The van der Waals surface area contributed by atoms with Crippen LogP contribution < -0.4 is 0 Å². The van der Waals surface area contributed by atoms with Crippen LogP contribution in [0.2, 0.25) is 0 Å². The van der Waals surface area contributed by atoms with Crippen LogP contribution in [0.3, 0.4) is 0 Å². The Morgan fingerprint density at radius 3 is 0.739 bits per heavy atom. The van der Waals surface area contributed by atoms with Crippen molar-refractivity contribution in [2.45, 2.75) is 209 Å². The second kappa shape index (κ2) is 18.9. The maximum absolute atomic E-state index is 5.80. The third-order valence-corrected chi connectivity index (χ3v) is 18.8. The third kappa shape index (κ3) is 9.60. The molecule has 0 atom stereocenters. The van der Waals surface area contributed by atoms with Gasteiger partial charge in [0.15, 0.2) is 22.6 Å². The zero-order valence-electron chi connectivity index (χ0n) is 56.9. The topological polar surface area (TPSA) is 109 Å². The van der Waals surface area contributed by atoms with Crippen molar-refractivity contribution < 1.29 is 0 Å². The highest BCUT2D eigenvalue weighted by Gasteiger charge is 2.33. The highest BCUT2D eigenvalue weighted by Crippen LogP contribution is 2.49. The molecule has 0 saturated carbocycles. The number of aromatic amines is 2. The molecule has 0 spiro atoms. The number of H-pyrrole nitrogens is 2. The Labute approximate surface area is 520 Å². The van der Waals surface area contributed by atoms with Gasteiger partial charge in [0, 0.05) is 43.1 Å². The number of nitrogens with zero attached hydrogens (tertiary/aromatic N) is 6. The van der Waals surface area contributed by atoms with Crippen molar-refractivity contribution in [2.75, 3.05) is 0 Å². The van der Waals surface area contributed by atoms with Gasteiger partial charge in [-0.3, -0.25) is 0 Å². The molecular weight excluding hydrogens is 1070 g/mol. The summed E-state index contributed by atoms with van der Waals surface area (Å²) in [6.45, 7) is 55.6. The highest BCUT2D eigenvalue weighted by molar-refractivity contribution is 6.15. The first-order valence-electron chi connectivity index (χ1n) is 31.9. The first-order valence-corrected chi connectivity index (χ1v) is 31.9. The Morgan fingerprint density at radius 1 is 0.193 bits per heavy atom. The van der Waals surface area contributed by atoms with Gasteiger partial charge in [-0.25, -0.2) is 29.9 Å². The highest BCUT2D eigenvalue weighted by atomic mass is 15.0. The Kier molecular flexibility index (Phi) is 12.7. The number of nitrogens with one attached hydrogen (secondary N) is 2. The maximum atomic E-state index is 5.80. The van der Waals surface area contributed by atoms with Gasteiger partial charge in [0.2, 0.25) is 0 Å². The Bertz CT molecular complexity index is 5130. The van der Waals surface area contributed by atoms with Crippen molar-refractivity contribution in [3.05, 3.63) is 142 Å². The van der Waals surface area contributed by atoms with E-state index in [1.165, 1.54) is 88.3 Å². The minimum atomic E-state index is -0.152. The molecule has 4 aromatic carbocycles. The van der Waals surface area contributed by atoms with Crippen LogP contribution in [0.25, 0.3) is 132 Å². The first kappa shape index (κ1) is 59.1. The minimum Gasteiger partial charge on any atom is -0.324 e. The average Bonchev–Trinajstić information content (AvgIpc) is 1.62. The second-order valence-corrected chi connectivity index (χ2v) is 34.0. The monoisotopic (exact) mass is 1160 g/mol. The molecule has 8 bridgehead atoms. The van der Waals surface area contributed by atoms with E-state index in [1.807, 2.05) is 0 Å². The van der Waals surface area contributed by atoms with Crippen molar-refractivity contribution in [3.8, 4) is 22.3 Å². The van der Waals surface area contributed by atoms with E-state index in [0.29, 0.717) is 45.2 Å². The number of aromatic nitrogens is 8. The first-order chi connectivity index (χ1) is 40.6. The van der Waals surface area contributed by atoms with E-state index in [-0.39, 0.29) is 43.3 Å². The van der Waals surface area contributed by atoms with Crippen molar-refractivity contribution in [2.24, 2.45) is 0 Å². The van der Waals surface area contributed by atoms with E-state index in [9.17, 15) is 0 Å². The van der Waals surface area contributed by atoms with E-state index in [4.69, 9.17) is 29.9 Å². The lowest BCUT2D eigenvalue weighted by Crippen LogP contribution is -2.12. The zero-order valence-corrected chi connectivity index (χ0v) is 56.9. The molecule has 0 aliphatic heterocycles. The van der Waals surface area contributed by atoms with Gasteiger partial charge >= 0.3 is 0 Å². The molecule has 5 aromatic heterocycles. The molecule has 0 amide bonds. The van der Waals surface area contributed by atoms with Gasteiger partial charge in [-0.2, -0.15) is 0 Å². The minimum absolute atomic E-state index is 0.112. The summed E-state index contributed by atoms with van der Waals surface area (Å²) in [5, 5.41) is 12.2. The molecule has 450 valence electrons. The average molecular weight is 1160 g/mol. The molecule has 13 rings (SSSR count). The standard InChI is InChI=1S/C80H90N8/c1-73(2,3)57-37-61(77(13,14)15)49-33-53-45(29-25-41(49)57)65-81-66-46-30-26-42-51(63(79(19,20)21)39-58(42)74(4,5)6)35-55(46)71(83-66)88-72-56-36-52-44(60(76(10,11)12)40-64(52)80(22,23)24)28-32-48(56)68(87-72)86-70-54-34-50-43(27-31-47(54)67(85-70)84-69(53)82-65)59(75(7,8)9)38-62(50)78(16,17)18/h25-40H,1-24H3,(H2,81,82,83,84,85,86,87,88). The summed E-state index contributed by atoms with van der Waals surface area (Å²) >= 11 is 0. The van der Waals surface area contributed by atoms with Gasteiger partial charge in [0.25, 0.3) is 0 Å². The van der Waals surface area contributed by atoms with Crippen LogP contribution >= 0.6 is 0 Å². The lowest BCUT2D eigenvalue weighted by Gasteiger charge is -2.19. The molecule has 8 heteroatoms. The predicted molar refractivity (Wildman–Crippen MR) is 377 cm³/mol. The normalized spacial score (nSPS) is 13.9. The fourth-order valence-corrected chi connectivity index (χ4v) is 14.2. The molecule has 0 radical (unpaired) electrons. The molecule has 4 aliphatic carbocycles. The van der Waals surface area contributed by atoms with Crippen molar-refractivity contribution in [1.29, 1.82) is 0 Å². The molecule has 0 fully saturated rings. The number of hydrogen-bond donors (Lipinski definition) is 2. The van der Waals surface area contributed by atoms with Gasteiger partial charge in [0.05, 0.1) is 0 Å². The van der Waals surface area contributed by atoms with E-state index in [2.05, 4.69) is 273 Å². The van der Waals surface area contributed by atoms with E-state index in [1.54, 1.807) is 0 Å². The smallest absolute Gasteiger partial charge is 0.164 e. The third-order valence-electron chi connectivity index (χ3n) is 18.8. The summed E-state index contributed by atoms with van der Waals surface area (Å²) in [7, 11) is 0. The van der Waals surface area contributed by atoms with Gasteiger partial charge in [-0.15, -0.1) is 0 Å². The SMILES string of the molecule is CC(C)(C)c1cc(C(C)(C)C)c2cc3c4nc5nc(nc6[nH]c(nc7nc(nc([nH]4)c3ccc1-2)c1ccc2c(C(C)(C)C)cc(C(C)(C)C)c2cc71)c1cc2c(C(C)(C)C)cc(C(C)(C)C)c-2ccc61)c1cc2c(C(C)(C)C)cc(C(C)(C)C)c2ccc51. The molecule has 9 aromatic rings. The number of rotatable bonds is 0.